The molecule has 2 aromatic heterocycles. The number of hydrogen-bond donors (Lipinski definition) is 2. The van der Waals surface area contributed by atoms with Crippen molar-refractivity contribution in [3.63, 3.8) is 0 Å². The lowest BCUT2D eigenvalue weighted by atomic mass is 9.99. The number of aromatic nitrogens is 4. The number of halogens is 4. The maximum Gasteiger partial charge on any atom is 0.435 e. The van der Waals surface area contributed by atoms with Gasteiger partial charge in [-0.15, -0.1) is 0 Å². The smallest absolute Gasteiger partial charge is 0.348 e. The monoisotopic (exact) mass is 514 g/mol. The van der Waals surface area contributed by atoms with Gasteiger partial charge >= 0.3 is 6.18 Å². The van der Waals surface area contributed by atoms with Crippen LogP contribution in [-0.4, -0.2) is 24.8 Å². The van der Waals surface area contributed by atoms with E-state index in [9.17, 15) is 22.4 Å². The van der Waals surface area contributed by atoms with E-state index in [-0.39, 0.29) is 47.8 Å². The van der Waals surface area contributed by atoms with Gasteiger partial charge in [-0.05, 0) is 60.4 Å². The summed E-state index contributed by atoms with van der Waals surface area (Å²) in [7, 11) is 1.71. The molecular weight excluding hydrogens is 488 g/mol. The summed E-state index contributed by atoms with van der Waals surface area (Å²) >= 11 is 0. The van der Waals surface area contributed by atoms with E-state index in [1.807, 2.05) is 0 Å². The van der Waals surface area contributed by atoms with Gasteiger partial charge in [0.05, 0.1) is 6.54 Å². The number of carbonyl (C=O) groups excluding carboxylic acids is 1. The van der Waals surface area contributed by atoms with E-state index in [0.29, 0.717) is 16.7 Å². The maximum absolute atomic E-state index is 13.8. The zero-order chi connectivity index (χ0) is 26.9. The molecule has 0 fully saturated rings. The van der Waals surface area contributed by atoms with Gasteiger partial charge in [-0.3, -0.25) is 14.9 Å². The molecule has 0 saturated carbocycles. The molecule has 0 atom stereocenters. The highest BCUT2D eigenvalue weighted by molar-refractivity contribution is 5.95. The van der Waals surface area contributed by atoms with Crippen LogP contribution >= 0.6 is 0 Å². The van der Waals surface area contributed by atoms with E-state index in [2.05, 4.69) is 10.4 Å². The van der Waals surface area contributed by atoms with Crippen molar-refractivity contribution in [2.24, 2.45) is 7.05 Å². The summed E-state index contributed by atoms with van der Waals surface area (Å²) < 4.78 is 59.4. The van der Waals surface area contributed by atoms with E-state index < -0.39 is 17.8 Å². The van der Waals surface area contributed by atoms with E-state index in [4.69, 9.17) is 5.41 Å². The summed E-state index contributed by atoms with van der Waals surface area (Å²) in [5, 5.41) is 14.6. The molecule has 0 aliphatic heterocycles. The van der Waals surface area contributed by atoms with Gasteiger partial charge in [0.2, 0.25) is 5.62 Å². The first-order valence-corrected chi connectivity index (χ1v) is 11.5. The minimum atomic E-state index is -4.68. The molecule has 11 heteroatoms. The largest absolute Gasteiger partial charge is 0.435 e. The molecule has 0 aliphatic rings. The molecule has 2 aromatic carbocycles. The van der Waals surface area contributed by atoms with Gasteiger partial charge in [0.1, 0.15) is 5.82 Å². The third kappa shape index (κ3) is 5.65. The Kier molecular flexibility index (Phi) is 7.06. The third-order valence-corrected chi connectivity index (χ3v) is 6.02. The summed E-state index contributed by atoms with van der Waals surface area (Å²) in [4.78, 5) is 13.1. The minimum absolute atomic E-state index is 0.116. The van der Waals surface area contributed by atoms with Gasteiger partial charge in [-0.2, -0.15) is 18.3 Å². The highest BCUT2D eigenvalue weighted by atomic mass is 19.4. The number of amides is 1. The SMILES string of the molecule is CCn1cc(-c2cc(Cn3ccn(C)c3=N)cc(C(=O)NCc3ccc(F)c(C)c3)c2)c(C(F)(F)F)n1. The van der Waals surface area contributed by atoms with Crippen LogP contribution in [-0.2, 0) is 32.9 Å². The summed E-state index contributed by atoms with van der Waals surface area (Å²) in [6.07, 6.45) is 0.00699. The molecule has 0 aliphatic carbocycles. The quantitative estimate of drug-likeness (QED) is 0.353. The molecule has 2 heterocycles. The minimum Gasteiger partial charge on any atom is -0.348 e. The summed E-state index contributed by atoms with van der Waals surface area (Å²) in [5.41, 5.74) is 1.04. The summed E-state index contributed by atoms with van der Waals surface area (Å²) in [5.74, 6) is -0.849. The Hall–Kier alpha value is -4.15. The van der Waals surface area contributed by atoms with Gasteiger partial charge in [0.25, 0.3) is 5.91 Å². The van der Waals surface area contributed by atoms with Crippen molar-refractivity contribution in [3.05, 3.63) is 94.4 Å². The molecule has 0 spiro atoms. The number of imidazole rings is 1. The Balaban J connectivity index is 1.74. The fourth-order valence-electron chi connectivity index (χ4n) is 4.02. The predicted octanol–water partition coefficient (Wildman–Crippen LogP) is 4.63. The first kappa shape index (κ1) is 25.9. The standard InChI is InChI=1S/C26H26F4N6O/c1-4-36-15-21(23(33-36)26(28,29)30)19-10-18(14-35-8-7-34(3)25(35)31)11-20(12-19)24(37)32-13-17-5-6-22(27)16(2)9-17/h5-12,15,31H,4,13-14H2,1-3H3,(H,32,37). The lowest BCUT2D eigenvalue weighted by molar-refractivity contribution is -0.141. The van der Waals surface area contributed by atoms with Crippen molar-refractivity contribution in [3.8, 4) is 11.1 Å². The van der Waals surface area contributed by atoms with E-state index in [1.165, 1.54) is 23.0 Å². The molecule has 0 bridgehead atoms. The van der Waals surface area contributed by atoms with Crippen molar-refractivity contribution in [1.82, 2.24) is 24.2 Å². The van der Waals surface area contributed by atoms with Crippen molar-refractivity contribution in [2.45, 2.75) is 39.7 Å². The predicted molar refractivity (Wildman–Crippen MR) is 129 cm³/mol. The molecule has 0 saturated heterocycles. The van der Waals surface area contributed by atoms with Crippen LogP contribution in [0.1, 0.15) is 39.7 Å². The third-order valence-electron chi connectivity index (χ3n) is 6.02. The number of rotatable bonds is 7. The first-order chi connectivity index (χ1) is 17.5. The molecular formula is C26H26F4N6O. The lowest BCUT2D eigenvalue weighted by Gasteiger charge is -2.13. The average Bonchev–Trinajstić information content (AvgIpc) is 3.44. The average molecular weight is 515 g/mol. The molecule has 1 amide bonds. The van der Waals surface area contributed by atoms with Crippen LogP contribution in [0.2, 0.25) is 0 Å². The van der Waals surface area contributed by atoms with Crippen LogP contribution in [0.5, 0.6) is 0 Å². The zero-order valence-electron chi connectivity index (χ0n) is 20.5. The maximum atomic E-state index is 13.8. The van der Waals surface area contributed by atoms with Crippen LogP contribution in [0.3, 0.4) is 0 Å². The number of aryl methyl sites for hydroxylation is 3. The molecule has 4 aromatic rings. The Morgan fingerprint density at radius 2 is 1.86 bits per heavy atom. The second-order valence-electron chi connectivity index (χ2n) is 8.79. The molecule has 2 N–H and O–H groups in total. The number of hydrogen-bond acceptors (Lipinski definition) is 3. The zero-order valence-corrected chi connectivity index (χ0v) is 20.5. The normalized spacial score (nSPS) is 11.6. The van der Waals surface area contributed by atoms with E-state index in [1.54, 1.807) is 66.7 Å². The molecule has 4 rings (SSSR count). The molecule has 0 radical (unpaired) electrons. The van der Waals surface area contributed by atoms with Crippen LogP contribution in [0.4, 0.5) is 17.6 Å². The van der Waals surface area contributed by atoms with Gasteiger partial charge < -0.3 is 14.5 Å². The van der Waals surface area contributed by atoms with Crippen molar-refractivity contribution >= 4 is 5.91 Å². The second-order valence-corrected chi connectivity index (χ2v) is 8.79. The summed E-state index contributed by atoms with van der Waals surface area (Å²) in [6, 6.07) is 9.06. The van der Waals surface area contributed by atoms with Crippen LogP contribution in [0.15, 0.2) is 55.0 Å². The Labute approximate surface area is 210 Å². The lowest BCUT2D eigenvalue weighted by Crippen LogP contribution is -2.24. The Morgan fingerprint density at radius 1 is 1.11 bits per heavy atom. The summed E-state index contributed by atoms with van der Waals surface area (Å²) in [6.45, 7) is 3.84. The highest BCUT2D eigenvalue weighted by Crippen LogP contribution is 2.37. The van der Waals surface area contributed by atoms with Gasteiger partial charge in [-0.1, -0.05) is 12.1 Å². The van der Waals surface area contributed by atoms with Gasteiger partial charge in [-0.25, -0.2) is 4.39 Å². The van der Waals surface area contributed by atoms with Crippen LogP contribution in [0, 0.1) is 18.2 Å². The number of carbonyl (C=O) groups is 1. The van der Waals surface area contributed by atoms with Crippen LogP contribution < -0.4 is 10.9 Å². The Bertz CT molecular complexity index is 1510. The van der Waals surface area contributed by atoms with Crippen molar-refractivity contribution in [2.75, 3.05) is 0 Å². The molecule has 194 valence electrons. The second kappa shape index (κ2) is 10.1. The highest BCUT2D eigenvalue weighted by Gasteiger charge is 2.37. The van der Waals surface area contributed by atoms with Crippen molar-refractivity contribution < 1.29 is 22.4 Å². The number of benzene rings is 2. The fourth-order valence-corrected chi connectivity index (χ4v) is 4.02. The van der Waals surface area contributed by atoms with Crippen LogP contribution in [0.25, 0.3) is 11.1 Å². The molecule has 7 nitrogen and oxygen atoms in total. The molecule has 0 unspecified atom stereocenters. The fraction of sp³-hybridized carbons (Fsp3) is 0.269. The van der Waals surface area contributed by atoms with Crippen molar-refractivity contribution in [1.29, 1.82) is 5.41 Å². The first-order valence-electron chi connectivity index (χ1n) is 11.5. The number of nitrogens with one attached hydrogen (secondary N) is 2. The topological polar surface area (TPSA) is 80.6 Å². The van der Waals surface area contributed by atoms with E-state index >= 15 is 0 Å². The van der Waals surface area contributed by atoms with Gasteiger partial charge in [0, 0.05) is 49.9 Å². The number of nitrogens with zero attached hydrogens (tertiary/aromatic N) is 4. The van der Waals surface area contributed by atoms with E-state index in [0.717, 1.165) is 0 Å². The molecule has 37 heavy (non-hydrogen) atoms. The number of alkyl halides is 3. The van der Waals surface area contributed by atoms with Gasteiger partial charge in [0.15, 0.2) is 5.69 Å². The Morgan fingerprint density at radius 3 is 2.49 bits per heavy atom.